The maximum Gasteiger partial charge on any atom is 0.319 e. The summed E-state index contributed by atoms with van der Waals surface area (Å²) >= 11 is 0. The molecule has 0 saturated carbocycles. The molecule has 0 radical (unpaired) electrons. The summed E-state index contributed by atoms with van der Waals surface area (Å²) in [5, 5.41) is 5.67. The van der Waals surface area contributed by atoms with E-state index < -0.39 is 9.84 Å². The van der Waals surface area contributed by atoms with Crippen LogP contribution in [-0.2, 0) is 28.4 Å². The van der Waals surface area contributed by atoms with Crippen LogP contribution in [0.1, 0.15) is 54.6 Å². The molecule has 3 aromatic rings. The molecule has 1 atom stereocenters. The summed E-state index contributed by atoms with van der Waals surface area (Å²) in [5.74, 6) is -0.0503. The van der Waals surface area contributed by atoms with Gasteiger partial charge in [-0.2, -0.15) is 0 Å². The van der Waals surface area contributed by atoms with Crippen LogP contribution >= 0.6 is 0 Å². The molecule has 174 valence electrons. The number of aryl methyl sites for hydroxylation is 3. The van der Waals surface area contributed by atoms with Gasteiger partial charge in [0.15, 0.2) is 9.84 Å². The second kappa shape index (κ2) is 10.7. The van der Waals surface area contributed by atoms with Crippen LogP contribution in [0, 0.1) is 6.92 Å². The summed E-state index contributed by atoms with van der Waals surface area (Å²) in [6.45, 7) is 8.11. The molecular formula is C27H32N2O3S. The van der Waals surface area contributed by atoms with Crippen molar-refractivity contribution in [2.45, 2.75) is 57.2 Å². The molecule has 0 aromatic heterocycles. The van der Waals surface area contributed by atoms with Gasteiger partial charge >= 0.3 is 6.03 Å². The van der Waals surface area contributed by atoms with Gasteiger partial charge in [-0.3, -0.25) is 0 Å². The molecule has 0 heterocycles. The summed E-state index contributed by atoms with van der Waals surface area (Å²) < 4.78 is 25.8. The Bertz CT molecular complexity index is 1220. The monoisotopic (exact) mass is 464 g/mol. The number of rotatable bonds is 8. The van der Waals surface area contributed by atoms with Crippen molar-refractivity contribution in [1.82, 2.24) is 5.32 Å². The third kappa shape index (κ3) is 6.45. The number of hydrogen-bond donors (Lipinski definition) is 2. The first kappa shape index (κ1) is 24.5. The maximum atomic E-state index is 12.9. The first-order chi connectivity index (χ1) is 15.7. The van der Waals surface area contributed by atoms with Gasteiger partial charge in [0, 0.05) is 5.69 Å². The third-order valence-electron chi connectivity index (χ3n) is 5.75. The highest BCUT2D eigenvalue weighted by Gasteiger charge is 2.17. The fourth-order valence-corrected chi connectivity index (χ4v) is 5.21. The second-order valence-corrected chi connectivity index (χ2v) is 10.3. The second-order valence-electron chi connectivity index (χ2n) is 8.33. The number of hydrogen-bond acceptors (Lipinski definition) is 3. The van der Waals surface area contributed by atoms with E-state index in [1.807, 2.05) is 56.3 Å². The van der Waals surface area contributed by atoms with Gasteiger partial charge in [0.25, 0.3) is 0 Å². The minimum absolute atomic E-state index is 0.0503. The molecule has 0 aliphatic carbocycles. The van der Waals surface area contributed by atoms with Crippen LogP contribution in [0.25, 0.3) is 0 Å². The molecule has 5 nitrogen and oxygen atoms in total. The Labute approximate surface area is 197 Å². The Morgan fingerprint density at radius 1 is 0.909 bits per heavy atom. The lowest BCUT2D eigenvalue weighted by atomic mass is 10.0. The molecule has 0 saturated heterocycles. The first-order valence-electron chi connectivity index (χ1n) is 11.3. The van der Waals surface area contributed by atoms with Gasteiger partial charge in [-0.25, -0.2) is 13.2 Å². The predicted molar refractivity (Wildman–Crippen MR) is 134 cm³/mol. The van der Waals surface area contributed by atoms with Crippen LogP contribution in [-0.4, -0.2) is 14.4 Å². The van der Waals surface area contributed by atoms with Gasteiger partial charge in [0.2, 0.25) is 0 Å². The summed E-state index contributed by atoms with van der Waals surface area (Å²) in [7, 11) is -3.49. The largest absolute Gasteiger partial charge is 0.331 e. The molecule has 3 aromatic carbocycles. The fourth-order valence-electron chi connectivity index (χ4n) is 3.88. The molecule has 2 amide bonds. The molecule has 0 fully saturated rings. The Morgan fingerprint density at radius 3 is 2.24 bits per heavy atom. The van der Waals surface area contributed by atoms with E-state index in [2.05, 4.69) is 24.5 Å². The van der Waals surface area contributed by atoms with E-state index in [-0.39, 0.29) is 22.7 Å². The molecule has 33 heavy (non-hydrogen) atoms. The number of anilines is 1. The number of carbonyl (C=O) groups excluding carboxylic acids is 1. The van der Waals surface area contributed by atoms with Crippen LogP contribution in [0.4, 0.5) is 10.5 Å². The molecular weight excluding hydrogens is 432 g/mol. The van der Waals surface area contributed by atoms with Crippen molar-refractivity contribution in [2.75, 3.05) is 5.32 Å². The highest BCUT2D eigenvalue weighted by molar-refractivity contribution is 7.90. The molecule has 0 spiro atoms. The molecule has 2 N–H and O–H groups in total. The van der Waals surface area contributed by atoms with Crippen molar-refractivity contribution in [3.8, 4) is 0 Å². The SMILES string of the molecule is CCc1ccc(CS(=O)(=O)c2ccc(NC(=O)NC(C)c3cccc(C)c3)cc2)cc1CC. The van der Waals surface area contributed by atoms with Gasteiger partial charge in [-0.05, 0) is 73.2 Å². The molecule has 0 bridgehead atoms. The molecule has 0 aliphatic rings. The summed E-state index contributed by atoms with van der Waals surface area (Å²) in [6, 6.07) is 19.7. The van der Waals surface area contributed by atoms with Gasteiger partial charge in [0.05, 0.1) is 16.7 Å². The third-order valence-corrected chi connectivity index (χ3v) is 7.45. The number of nitrogens with one attached hydrogen (secondary N) is 2. The van der Waals surface area contributed by atoms with Crippen LogP contribution in [0.2, 0.25) is 0 Å². The number of carbonyl (C=O) groups is 1. The smallest absolute Gasteiger partial charge is 0.319 e. The standard InChI is InChI=1S/C27H32N2O3S/c1-5-22-11-10-21(17-23(22)6-2)18-33(31,32)26-14-12-25(13-15-26)29-27(30)28-20(4)24-9-7-8-19(3)16-24/h7-17,20H,5-6,18H2,1-4H3,(H2,28,29,30). The number of urea groups is 1. The van der Waals surface area contributed by atoms with Crippen molar-refractivity contribution < 1.29 is 13.2 Å². The quantitative estimate of drug-likeness (QED) is 0.431. The Balaban J connectivity index is 1.64. The van der Waals surface area contributed by atoms with Gasteiger partial charge in [-0.1, -0.05) is 61.9 Å². The van der Waals surface area contributed by atoms with E-state index in [9.17, 15) is 13.2 Å². The lowest BCUT2D eigenvalue weighted by Crippen LogP contribution is -2.31. The first-order valence-corrected chi connectivity index (χ1v) is 12.9. The maximum absolute atomic E-state index is 12.9. The molecule has 3 rings (SSSR count). The summed E-state index contributed by atoms with van der Waals surface area (Å²) in [5.41, 5.74) is 5.91. The average Bonchev–Trinajstić information content (AvgIpc) is 2.79. The van der Waals surface area contributed by atoms with E-state index in [1.54, 1.807) is 12.1 Å². The summed E-state index contributed by atoms with van der Waals surface area (Å²) in [6.07, 6.45) is 1.81. The van der Waals surface area contributed by atoms with E-state index >= 15 is 0 Å². The zero-order valence-corrected chi connectivity index (χ0v) is 20.5. The Morgan fingerprint density at radius 2 is 1.61 bits per heavy atom. The predicted octanol–water partition coefficient (Wildman–Crippen LogP) is 5.98. The molecule has 0 aliphatic heterocycles. The van der Waals surface area contributed by atoms with Crippen molar-refractivity contribution in [3.63, 3.8) is 0 Å². The number of benzene rings is 3. The van der Waals surface area contributed by atoms with E-state index in [4.69, 9.17) is 0 Å². The lowest BCUT2D eigenvalue weighted by Gasteiger charge is -2.16. The number of amides is 2. The molecule has 6 heteroatoms. The fraction of sp³-hybridized carbons (Fsp3) is 0.296. The minimum atomic E-state index is -3.49. The average molecular weight is 465 g/mol. The van der Waals surface area contributed by atoms with Crippen molar-refractivity contribution in [2.24, 2.45) is 0 Å². The van der Waals surface area contributed by atoms with Gasteiger partial charge in [-0.15, -0.1) is 0 Å². The highest BCUT2D eigenvalue weighted by atomic mass is 32.2. The minimum Gasteiger partial charge on any atom is -0.331 e. The topological polar surface area (TPSA) is 75.3 Å². The Hall–Kier alpha value is -3.12. The van der Waals surface area contributed by atoms with Crippen LogP contribution in [0.3, 0.4) is 0 Å². The van der Waals surface area contributed by atoms with Crippen LogP contribution in [0.5, 0.6) is 0 Å². The van der Waals surface area contributed by atoms with Gasteiger partial charge < -0.3 is 10.6 Å². The summed E-state index contributed by atoms with van der Waals surface area (Å²) in [4.78, 5) is 12.6. The lowest BCUT2D eigenvalue weighted by molar-refractivity contribution is 0.249. The zero-order valence-electron chi connectivity index (χ0n) is 19.7. The Kier molecular flexibility index (Phi) is 7.92. The van der Waals surface area contributed by atoms with Crippen molar-refractivity contribution in [3.05, 3.63) is 94.5 Å². The van der Waals surface area contributed by atoms with E-state index in [0.29, 0.717) is 5.69 Å². The van der Waals surface area contributed by atoms with E-state index in [0.717, 1.165) is 29.5 Å². The normalized spacial score (nSPS) is 12.2. The van der Waals surface area contributed by atoms with Crippen molar-refractivity contribution in [1.29, 1.82) is 0 Å². The van der Waals surface area contributed by atoms with E-state index in [1.165, 1.54) is 23.3 Å². The highest BCUT2D eigenvalue weighted by Crippen LogP contribution is 2.22. The molecule has 1 unspecified atom stereocenters. The van der Waals surface area contributed by atoms with Gasteiger partial charge in [0.1, 0.15) is 0 Å². The number of sulfone groups is 1. The van der Waals surface area contributed by atoms with Crippen LogP contribution < -0.4 is 10.6 Å². The zero-order chi connectivity index (χ0) is 24.0. The van der Waals surface area contributed by atoms with Crippen LogP contribution in [0.15, 0.2) is 71.6 Å². The van der Waals surface area contributed by atoms with Crippen molar-refractivity contribution >= 4 is 21.6 Å².